The van der Waals surface area contributed by atoms with E-state index in [-0.39, 0.29) is 16.6 Å². The van der Waals surface area contributed by atoms with Gasteiger partial charge in [0.1, 0.15) is 5.75 Å². The van der Waals surface area contributed by atoms with Gasteiger partial charge in [-0.15, -0.1) is 0 Å². The van der Waals surface area contributed by atoms with E-state index in [1.54, 1.807) is 6.07 Å². The second-order valence-corrected chi connectivity index (χ2v) is 9.86. The highest BCUT2D eigenvalue weighted by Gasteiger charge is 2.52. The summed E-state index contributed by atoms with van der Waals surface area (Å²) < 4.78 is 0. The van der Waals surface area contributed by atoms with Gasteiger partial charge in [-0.3, -0.25) is 4.79 Å². The molecule has 156 valence electrons. The van der Waals surface area contributed by atoms with Gasteiger partial charge in [0.05, 0.1) is 22.0 Å². The smallest absolute Gasteiger partial charge is 0.313 e. The quantitative estimate of drug-likeness (QED) is 0.478. The van der Waals surface area contributed by atoms with Crippen LogP contribution in [-0.2, 0) is 15.6 Å². The van der Waals surface area contributed by atoms with Crippen LogP contribution in [0.25, 0.3) is 11.2 Å². The summed E-state index contributed by atoms with van der Waals surface area (Å²) in [5.74, 6) is -0.547. The number of aromatic nitrogens is 3. The number of carboxylic acids is 1. The standard InChI is InChI=1S/C22H22ClN3O3S/c23-14-11-15-19(26-20(24-15)30-12-17(28)29)25-18(14)22-8-5-21(6-9-22,7-10-22)13-3-1-2-4-16(13)27/h1-4,11,27H,5-10,12H2,(H,28,29)(H,24,25,26). The summed E-state index contributed by atoms with van der Waals surface area (Å²) in [6.07, 6.45) is 5.93. The number of thioether (sulfide) groups is 1. The lowest BCUT2D eigenvalue weighted by Crippen LogP contribution is -2.47. The first kappa shape index (κ1) is 19.7. The third-order valence-electron chi connectivity index (χ3n) is 6.96. The third-order valence-corrected chi connectivity index (χ3v) is 8.11. The molecule has 2 aromatic heterocycles. The molecule has 3 aliphatic carbocycles. The van der Waals surface area contributed by atoms with Crippen molar-refractivity contribution in [3.63, 3.8) is 0 Å². The molecular formula is C22H22ClN3O3S. The van der Waals surface area contributed by atoms with E-state index in [0.29, 0.717) is 21.6 Å². The molecular weight excluding hydrogens is 422 g/mol. The van der Waals surface area contributed by atoms with Crippen LogP contribution in [-0.4, -0.2) is 36.9 Å². The Bertz CT molecular complexity index is 1120. The van der Waals surface area contributed by atoms with Gasteiger partial charge in [-0.2, -0.15) is 0 Å². The van der Waals surface area contributed by atoms with Crippen LogP contribution in [0, 0.1) is 0 Å². The number of carbonyl (C=O) groups is 1. The Morgan fingerprint density at radius 1 is 1.10 bits per heavy atom. The number of aromatic amines is 1. The lowest BCUT2D eigenvalue weighted by atomic mass is 9.51. The first-order valence-corrected chi connectivity index (χ1v) is 11.5. The summed E-state index contributed by atoms with van der Waals surface area (Å²) in [5.41, 5.74) is 3.26. The minimum atomic E-state index is -0.886. The molecule has 3 N–H and O–H groups in total. The first-order chi connectivity index (χ1) is 14.4. The van der Waals surface area contributed by atoms with Crippen LogP contribution in [0.2, 0.25) is 5.02 Å². The van der Waals surface area contributed by atoms with Crippen LogP contribution in [0.15, 0.2) is 35.5 Å². The fraction of sp³-hybridized carbons (Fsp3) is 0.409. The van der Waals surface area contributed by atoms with E-state index in [4.69, 9.17) is 21.7 Å². The van der Waals surface area contributed by atoms with Crippen molar-refractivity contribution in [3.8, 4) is 5.75 Å². The molecule has 0 radical (unpaired) electrons. The maximum absolute atomic E-state index is 10.8. The van der Waals surface area contributed by atoms with E-state index in [1.165, 1.54) is 0 Å². The monoisotopic (exact) mass is 443 g/mol. The average Bonchev–Trinajstić information content (AvgIpc) is 3.15. The number of hydrogen-bond acceptors (Lipinski definition) is 5. The van der Waals surface area contributed by atoms with E-state index in [0.717, 1.165) is 67.1 Å². The van der Waals surface area contributed by atoms with Crippen molar-refractivity contribution < 1.29 is 15.0 Å². The maximum Gasteiger partial charge on any atom is 0.313 e. The Morgan fingerprint density at radius 2 is 1.77 bits per heavy atom. The van der Waals surface area contributed by atoms with Gasteiger partial charge < -0.3 is 15.2 Å². The second kappa shape index (κ2) is 7.17. The zero-order chi connectivity index (χ0) is 20.9. The van der Waals surface area contributed by atoms with Gasteiger partial charge in [-0.25, -0.2) is 9.97 Å². The predicted molar refractivity (Wildman–Crippen MR) is 116 cm³/mol. The number of nitrogens with one attached hydrogen (secondary N) is 1. The number of rotatable bonds is 5. The van der Waals surface area contributed by atoms with Crippen molar-refractivity contribution in [3.05, 3.63) is 46.6 Å². The topological polar surface area (TPSA) is 99.1 Å². The number of phenolic OH excluding ortho intramolecular Hbond substituents is 1. The summed E-state index contributed by atoms with van der Waals surface area (Å²) in [6.45, 7) is 0. The largest absolute Gasteiger partial charge is 0.508 e. The second-order valence-electron chi connectivity index (χ2n) is 8.49. The molecule has 0 aliphatic heterocycles. The fourth-order valence-electron chi connectivity index (χ4n) is 5.33. The van der Waals surface area contributed by atoms with Gasteiger partial charge in [0.15, 0.2) is 10.8 Å². The Hall–Kier alpha value is -2.25. The lowest BCUT2D eigenvalue weighted by Gasteiger charge is -2.53. The summed E-state index contributed by atoms with van der Waals surface area (Å²) >= 11 is 7.82. The molecule has 0 unspecified atom stereocenters. The highest BCUT2D eigenvalue weighted by Crippen LogP contribution is 2.60. The maximum atomic E-state index is 10.8. The zero-order valence-corrected chi connectivity index (χ0v) is 17.9. The lowest BCUT2D eigenvalue weighted by molar-refractivity contribution is -0.133. The Labute approximate surface area is 183 Å². The number of nitrogens with zero attached hydrogens (tertiary/aromatic N) is 2. The molecule has 2 bridgehead atoms. The molecule has 6 rings (SSSR count). The van der Waals surface area contributed by atoms with Crippen molar-refractivity contribution in [2.24, 2.45) is 0 Å². The van der Waals surface area contributed by atoms with Crippen LogP contribution in [0.5, 0.6) is 5.75 Å². The van der Waals surface area contributed by atoms with Crippen molar-refractivity contribution in [2.45, 2.75) is 54.5 Å². The van der Waals surface area contributed by atoms with Crippen LogP contribution in [0.3, 0.4) is 0 Å². The summed E-state index contributed by atoms with van der Waals surface area (Å²) in [6, 6.07) is 9.59. The molecule has 6 nitrogen and oxygen atoms in total. The predicted octanol–water partition coefficient (Wildman–Crippen LogP) is 5.04. The molecule has 1 aromatic carbocycles. The molecule has 8 heteroatoms. The van der Waals surface area contributed by atoms with E-state index in [2.05, 4.69) is 16.0 Å². The molecule has 0 spiro atoms. The molecule has 3 saturated carbocycles. The molecule has 3 fully saturated rings. The zero-order valence-electron chi connectivity index (χ0n) is 16.3. The average molecular weight is 444 g/mol. The number of fused-ring (bicyclic) bond motifs is 4. The van der Waals surface area contributed by atoms with Crippen LogP contribution < -0.4 is 0 Å². The highest BCUT2D eigenvalue weighted by molar-refractivity contribution is 7.99. The first-order valence-electron chi connectivity index (χ1n) is 10.1. The SMILES string of the molecule is O=C(O)CSc1nc2nc(C34CCC(c5ccccc5O)(CC3)CC4)c(Cl)cc2[nH]1. The van der Waals surface area contributed by atoms with Gasteiger partial charge in [0, 0.05) is 11.0 Å². The van der Waals surface area contributed by atoms with Crippen molar-refractivity contribution >= 4 is 40.5 Å². The van der Waals surface area contributed by atoms with E-state index >= 15 is 0 Å². The van der Waals surface area contributed by atoms with Crippen LogP contribution in [0.1, 0.15) is 49.8 Å². The number of benzene rings is 1. The number of halogens is 1. The Balaban J connectivity index is 1.45. The summed E-state index contributed by atoms with van der Waals surface area (Å²) in [4.78, 5) is 23.2. The number of aliphatic carboxylic acids is 1. The molecule has 30 heavy (non-hydrogen) atoms. The van der Waals surface area contributed by atoms with Crippen LogP contribution in [0.4, 0.5) is 0 Å². The van der Waals surface area contributed by atoms with E-state index < -0.39 is 5.97 Å². The molecule has 3 aliphatic rings. The molecule has 0 atom stereocenters. The van der Waals surface area contributed by atoms with Crippen molar-refractivity contribution in [1.82, 2.24) is 15.0 Å². The molecule has 0 amide bonds. The number of carboxylic acid groups (broad SMARTS) is 1. The Morgan fingerprint density at radius 3 is 2.43 bits per heavy atom. The summed E-state index contributed by atoms with van der Waals surface area (Å²) in [5, 5.41) is 20.5. The normalized spacial score (nSPS) is 25.6. The number of pyridine rings is 1. The van der Waals surface area contributed by atoms with Crippen LogP contribution >= 0.6 is 23.4 Å². The third kappa shape index (κ3) is 3.15. The van der Waals surface area contributed by atoms with Gasteiger partial charge in [-0.1, -0.05) is 41.6 Å². The minimum Gasteiger partial charge on any atom is -0.508 e. The van der Waals surface area contributed by atoms with E-state index in [1.807, 2.05) is 18.2 Å². The van der Waals surface area contributed by atoms with Crippen molar-refractivity contribution in [2.75, 3.05) is 5.75 Å². The molecule has 2 heterocycles. The number of aromatic hydroxyl groups is 1. The molecule has 0 saturated heterocycles. The number of para-hydroxylation sites is 1. The summed E-state index contributed by atoms with van der Waals surface area (Å²) in [7, 11) is 0. The van der Waals surface area contributed by atoms with Gasteiger partial charge in [-0.05, 0) is 56.1 Å². The fourth-order valence-corrected chi connectivity index (χ4v) is 6.28. The van der Waals surface area contributed by atoms with Gasteiger partial charge in [0.25, 0.3) is 0 Å². The number of H-pyrrole nitrogens is 1. The van der Waals surface area contributed by atoms with Crippen molar-refractivity contribution in [1.29, 1.82) is 0 Å². The van der Waals surface area contributed by atoms with Gasteiger partial charge >= 0.3 is 5.97 Å². The Kier molecular flexibility index (Phi) is 4.71. The number of imidazole rings is 1. The minimum absolute atomic E-state index is 0.0383. The van der Waals surface area contributed by atoms with E-state index in [9.17, 15) is 9.90 Å². The number of phenols is 1. The number of hydrogen-bond donors (Lipinski definition) is 3. The van der Waals surface area contributed by atoms with Gasteiger partial charge in [0.2, 0.25) is 0 Å². The molecule has 3 aromatic rings. The highest BCUT2D eigenvalue weighted by atomic mass is 35.5.